The number of benzene rings is 4. The second-order valence-corrected chi connectivity index (χ2v) is 6.73. The van der Waals surface area contributed by atoms with Gasteiger partial charge in [0.05, 0.1) is 36.9 Å². The van der Waals surface area contributed by atoms with E-state index in [0.29, 0.717) is 21.7 Å². The van der Waals surface area contributed by atoms with Crippen LogP contribution in [0.1, 0.15) is 5.56 Å². The van der Waals surface area contributed by atoms with E-state index in [1.54, 1.807) is 12.3 Å². The summed E-state index contributed by atoms with van der Waals surface area (Å²) in [7, 11) is 0. The summed E-state index contributed by atoms with van der Waals surface area (Å²) in [5, 5.41) is 15.2. The minimum atomic E-state index is -0.0734. The second kappa shape index (κ2) is 6.29. The molecule has 5 heteroatoms. The molecule has 1 aromatic heterocycles. The quantitative estimate of drug-likeness (QED) is 0.211. The van der Waals surface area contributed by atoms with Gasteiger partial charge in [0.25, 0.3) is 0 Å². The molecule has 5 aromatic rings. The van der Waals surface area contributed by atoms with Crippen molar-refractivity contribution >= 4 is 60.3 Å². The topological polar surface area (TPSA) is 49.8 Å². The molecule has 0 spiro atoms. The molecule has 0 aliphatic heterocycles. The van der Waals surface area contributed by atoms with Crippen molar-refractivity contribution in [3.05, 3.63) is 94.5 Å². The molecular weight excluding hydrogens is 370 g/mol. The van der Waals surface area contributed by atoms with Gasteiger partial charge in [-0.2, -0.15) is 5.26 Å². The molecule has 0 atom stereocenters. The van der Waals surface area contributed by atoms with E-state index in [-0.39, 0.29) is 22.6 Å². The Morgan fingerprint density at radius 3 is 2.13 bits per heavy atom. The lowest BCUT2D eigenvalue weighted by atomic mass is 9.89. The lowest BCUT2D eigenvalue weighted by Crippen LogP contribution is -1.91. The van der Waals surface area contributed by atoms with Crippen molar-refractivity contribution in [3.63, 3.8) is 0 Å². The maximum atomic E-state index is 9.98. The summed E-state index contributed by atoms with van der Waals surface area (Å²) >= 11 is 0. The van der Waals surface area contributed by atoms with Gasteiger partial charge in [-0.3, -0.25) is 19.5 Å². The summed E-state index contributed by atoms with van der Waals surface area (Å²) in [6.07, 6.45) is 1.69. The molecule has 0 saturated heterocycles. The van der Waals surface area contributed by atoms with Crippen molar-refractivity contribution < 1.29 is 0 Å². The van der Waals surface area contributed by atoms with Crippen LogP contribution in [0.2, 0.25) is 0 Å². The first-order valence-electron chi connectivity index (χ1n) is 8.99. The zero-order chi connectivity index (χ0) is 20.8. The summed E-state index contributed by atoms with van der Waals surface area (Å²) in [4.78, 5) is 15.2. The lowest BCUT2D eigenvalue weighted by Gasteiger charge is -2.16. The Morgan fingerprint density at radius 2 is 1.40 bits per heavy atom. The second-order valence-electron chi connectivity index (χ2n) is 6.73. The molecule has 5 nitrogen and oxygen atoms in total. The molecule has 0 fully saturated rings. The fourth-order valence-electron chi connectivity index (χ4n) is 4.22. The molecule has 134 valence electrons. The number of fused-ring (bicyclic) bond motifs is 8. The summed E-state index contributed by atoms with van der Waals surface area (Å²) in [6, 6.07) is 17.5. The van der Waals surface area contributed by atoms with Gasteiger partial charge in [-0.25, -0.2) is 0 Å². The average Bonchev–Trinajstić information content (AvgIpc) is 2.81. The SMILES string of the molecule is [C-]#[N+]c1c([N+]#[C-])c([N+]#[C-])c2c(c1C#N)c1cccnc1c1ccc3ccccc3c12. The summed E-state index contributed by atoms with van der Waals surface area (Å²) in [5.74, 6) is 0. The third kappa shape index (κ3) is 2.04. The zero-order valence-corrected chi connectivity index (χ0v) is 15.4. The third-order valence-corrected chi connectivity index (χ3v) is 5.38. The molecule has 0 bridgehead atoms. The minimum Gasteiger partial charge on any atom is -0.262 e. The van der Waals surface area contributed by atoms with Crippen molar-refractivity contribution in [1.82, 2.24) is 4.98 Å². The van der Waals surface area contributed by atoms with E-state index in [1.807, 2.05) is 42.5 Å². The first kappa shape index (κ1) is 17.2. The highest BCUT2D eigenvalue weighted by Crippen LogP contribution is 2.52. The first-order chi connectivity index (χ1) is 14.7. The molecule has 1 heterocycles. The summed E-state index contributed by atoms with van der Waals surface area (Å²) in [5.41, 5.74) is 0.783. The number of rotatable bonds is 0. The number of nitriles is 1. The first-order valence-corrected chi connectivity index (χ1v) is 8.99. The van der Waals surface area contributed by atoms with E-state index in [2.05, 4.69) is 25.6 Å². The average molecular weight is 379 g/mol. The Morgan fingerprint density at radius 1 is 0.700 bits per heavy atom. The van der Waals surface area contributed by atoms with Crippen LogP contribution in [0.3, 0.4) is 0 Å². The molecule has 0 unspecified atom stereocenters. The Labute approximate surface area is 171 Å². The van der Waals surface area contributed by atoms with Crippen molar-refractivity contribution in [3.8, 4) is 6.07 Å². The maximum Gasteiger partial charge on any atom is 0.202 e. The van der Waals surface area contributed by atoms with Gasteiger partial charge < -0.3 is 0 Å². The van der Waals surface area contributed by atoms with Gasteiger partial charge in [-0.05, 0) is 33.0 Å². The van der Waals surface area contributed by atoms with Gasteiger partial charge in [-0.15, -0.1) is 0 Å². The highest BCUT2D eigenvalue weighted by atomic mass is 14.8. The molecule has 30 heavy (non-hydrogen) atoms. The van der Waals surface area contributed by atoms with Gasteiger partial charge >= 0.3 is 0 Å². The van der Waals surface area contributed by atoms with Gasteiger partial charge in [-0.1, -0.05) is 42.5 Å². The van der Waals surface area contributed by atoms with Crippen molar-refractivity contribution in [2.45, 2.75) is 0 Å². The van der Waals surface area contributed by atoms with Crippen LogP contribution >= 0.6 is 0 Å². The van der Waals surface area contributed by atoms with Crippen LogP contribution in [0.5, 0.6) is 0 Å². The largest absolute Gasteiger partial charge is 0.262 e. The Balaban J connectivity index is 2.34. The van der Waals surface area contributed by atoms with E-state index in [9.17, 15) is 5.26 Å². The maximum absolute atomic E-state index is 9.98. The Bertz CT molecular complexity index is 1730. The molecule has 4 aromatic carbocycles. The van der Waals surface area contributed by atoms with Gasteiger partial charge in [0.2, 0.25) is 11.4 Å². The van der Waals surface area contributed by atoms with Gasteiger partial charge in [0.15, 0.2) is 5.69 Å². The molecule has 0 N–H and O–H groups in total. The minimum absolute atomic E-state index is 0.0680. The summed E-state index contributed by atoms with van der Waals surface area (Å²) in [6.45, 7) is 23.1. The lowest BCUT2D eigenvalue weighted by molar-refractivity contribution is 1.43. The standard InChI is InChI=1S/C25H9N5/c1-27-23-18(13-26)20-16-9-6-12-30-22(16)17-11-10-14-7-4-5-8-15(14)19(17)21(20)24(28-2)25(23)29-3/h4-12H. The number of aromatic nitrogens is 1. The third-order valence-electron chi connectivity index (χ3n) is 5.38. The van der Waals surface area contributed by atoms with Crippen LogP contribution in [-0.4, -0.2) is 4.98 Å². The van der Waals surface area contributed by atoms with Gasteiger partial charge in [0, 0.05) is 17.0 Å². The van der Waals surface area contributed by atoms with E-state index in [4.69, 9.17) is 19.7 Å². The van der Waals surface area contributed by atoms with E-state index in [1.165, 1.54) is 0 Å². The number of pyridine rings is 1. The molecule has 5 rings (SSSR count). The molecule has 0 aliphatic carbocycles. The van der Waals surface area contributed by atoms with Crippen molar-refractivity contribution in [2.24, 2.45) is 0 Å². The highest BCUT2D eigenvalue weighted by molar-refractivity contribution is 6.36. The van der Waals surface area contributed by atoms with Crippen LogP contribution in [0, 0.1) is 31.0 Å². The predicted octanol–water partition coefficient (Wildman–Crippen LogP) is 7.22. The Kier molecular flexibility index (Phi) is 3.59. The number of hydrogen-bond acceptors (Lipinski definition) is 2. The van der Waals surface area contributed by atoms with Crippen LogP contribution < -0.4 is 0 Å². The normalized spacial score (nSPS) is 10.5. The van der Waals surface area contributed by atoms with Crippen LogP contribution in [-0.2, 0) is 0 Å². The van der Waals surface area contributed by atoms with Crippen LogP contribution in [0.25, 0.3) is 57.8 Å². The fourth-order valence-corrected chi connectivity index (χ4v) is 4.22. The highest BCUT2D eigenvalue weighted by Gasteiger charge is 2.25. The molecular formula is C25H9N5. The predicted molar refractivity (Wildman–Crippen MR) is 118 cm³/mol. The van der Waals surface area contributed by atoms with Crippen molar-refractivity contribution in [2.75, 3.05) is 0 Å². The van der Waals surface area contributed by atoms with E-state index in [0.717, 1.165) is 21.5 Å². The van der Waals surface area contributed by atoms with E-state index >= 15 is 0 Å². The Hall–Kier alpha value is -4.97. The fraction of sp³-hybridized carbons (Fsp3) is 0. The smallest absolute Gasteiger partial charge is 0.202 e. The zero-order valence-electron chi connectivity index (χ0n) is 15.4. The number of hydrogen-bond donors (Lipinski definition) is 0. The molecule has 0 radical (unpaired) electrons. The number of nitrogens with zero attached hydrogens (tertiary/aromatic N) is 5. The summed E-state index contributed by atoms with van der Waals surface area (Å²) < 4.78 is 0. The molecule has 0 aliphatic rings. The van der Waals surface area contributed by atoms with Crippen LogP contribution in [0.4, 0.5) is 17.1 Å². The van der Waals surface area contributed by atoms with E-state index < -0.39 is 0 Å². The molecule has 0 amide bonds. The van der Waals surface area contributed by atoms with Crippen molar-refractivity contribution in [1.29, 1.82) is 5.26 Å². The van der Waals surface area contributed by atoms with Gasteiger partial charge in [0.1, 0.15) is 0 Å². The van der Waals surface area contributed by atoms with Crippen LogP contribution in [0.15, 0.2) is 54.7 Å². The molecule has 0 saturated carbocycles. The monoisotopic (exact) mass is 379 g/mol.